The predicted molar refractivity (Wildman–Crippen MR) is 77.0 cm³/mol. The third-order valence-corrected chi connectivity index (χ3v) is 3.45. The van der Waals surface area contributed by atoms with Crippen LogP contribution in [0.1, 0.15) is 26.7 Å². The molecule has 1 aromatic rings. The maximum Gasteiger partial charge on any atom is 0.142 e. The number of nitrogens with one attached hydrogen (secondary N) is 1. The van der Waals surface area contributed by atoms with Crippen LogP contribution in [0.15, 0.2) is 12.5 Å². The molecule has 5 heteroatoms. The molecular weight excluding hydrogens is 336 g/mol. The predicted octanol–water partition coefficient (Wildman–Crippen LogP) is 3.54. The fraction of sp³-hybridized carbons (Fsp3) is 0.636. The smallest absolute Gasteiger partial charge is 0.142 e. The van der Waals surface area contributed by atoms with Crippen molar-refractivity contribution < 1.29 is 0 Å². The summed E-state index contributed by atoms with van der Waals surface area (Å²) in [6.07, 6.45) is 5.54. The molecule has 0 saturated carbocycles. The minimum atomic E-state index is 0.239. The fourth-order valence-corrected chi connectivity index (χ4v) is 2.02. The highest BCUT2D eigenvalue weighted by atomic mass is 127. The van der Waals surface area contributed by atoms with Gasteiger partial charge >= 0.3 is 0 Å². The Morgan fingerprint density at radius 2 is 2.25 bits per heavy atom. The maximum atomic E-state index is 5.71. The van der Waals surface area contributed by atoms with E-state index in [0.717, 1.165) is 34.7 Å². The van der Waals surface area contributed by atoms with Crippen molar-refractivity contribution in [3.05, 3.63) is 16.1 Å². The van der Waals surface area contributed by atoms with Crippen LogP contribution in [0, 0.1) is 8.99 Å². The van der Waals surface area contributed by atoms with E-state index in [9.17, 15) is 0 Å². The molecule has 0 bridgehead atoms. The molecule has 0 fully saturated rings. The Balaban J connectivity index is 2.47. The van der Waals surface area contributed by atoms with Gasteiger partial charge in [0.2, 0.25) is 0 Å². The molecule has 1 heterocycles. The van der Waals surface area contributed by atoms with Gasteiger partial charge in [-0.3, -0.25) is 0 Å². The number of hydrogen-bond donors (Lipinski definition) is 1. The molecule has 16 heavy (non-hydrogen) atoms. The number of nitrogens with zero attached hydrogens (tertiary/aromatic N) is 2. The first-order valence-corrected chi connectivity index (χ1v) is 6.92. The summed E-state index contributed by atoms with van der Waals surface area (Å²) in [7, 11) is 0. The summed E-state index contributed by atoms with van der Waals surface area (Å²) >= 11 is 7.94. The minimum absolute atomic E-state index is 0.239. The van der Waals surface area contributed by atoms with Crippen molar-refractivity contribution in [2.24, 2.45) is 5.41 Å². The third-order valence-electron chi connectivity index (χ3n) is 2.39. The lowest BCUT2D eigenvalue weighted by Gasteiger charge is -2.25. The van der Waals surface area contributed by atoms with E-state index in [2.05, 4.69) is 51.7 Å². The van der Waals surface area contributed by atoms with Crippen LogP contribution in [0.25, 0.3) is 0 Å². The normalized spacial score (nSPS) is 11.5. The first-order valence-electron chi connectivity index (χ1n) is 5.30. The Morgan fingerprint density at radius 1 is 1.50 bits per heavy atom. The molecule has 0 aliphatic carbocycles. The molecule has 0 aliphatic heterocycles. The lowest BCUT2D eigenvalue weighted by molar-refractivity contribution is 0.355. The topological polar surface area (TPSA) is 37.8 Å². The molecule has 1 rings (SSSR count). The standard InChI is InChI=1S/C11H17ClIN3/c1-11(2,4-3-5-12)7-15-10-9(13)6-14-8-16-10/h6,8H,3-5,7H2,1-2H3,(H,14,15,16). The van der Waals surface area contributed by atoms with E-state index in [1.807, 2.05) is 6.20 Å². The zero-order valence-electron chi connectivity index (χ0n) is 9.63. The Kier molecular flexibility index (Phi) is 5.75. The van der Waals surface area contributed by atoms with Gasteiger partial charge < -0.3 is 5.32 Å². The van der Waals surface area contributed by atoms with Crippen molar-refractivity contribution in [2.75, 3.05) is 17.7 Å². The van der Waals surface area contributed by atoms with Crippen molar-refractivity contribution >= 4 is 40.0 Å². The monoisotopic (exact) mass is 353 g/mol. The van der Waals surface area contributed by atoms with E-state index in [0.29, 0.717) is 0 Å². The molecule has 0 atom stereocenters. The first kappa shape index (κ1) is 14.0. The minimum Gasteiger partial charge on any atom is -0.369 e. The average molecular weight is 354 g/mol. The quantitative estimate of drug-likeness (QED) is 0.628. The highest BCUT2D eigenvalue weighted by Gasteiger charge is 2.17. The lowest BCUT2D eigenvalue weighted by atomic mass is 9.88. The third kappa shape index (κ3) is 4.82. The molecular formula is C11H17ClIN3. The van der Waals surface area contributed by atoms with E-state index in [4.69, 9.17) is 11.6 Å². The molecule has 1 aromatic heterocycles. The van der Waals surface area contributed by atoms with Crippen molar-refractivity contribution in [3.8, 4) is 0 Å². The summed E-state index contributed by atoms with van der Waals surface area (Å²) < 4.78 is 1.05. The summed E-state index contributed by atoms with van der Waals surface area (Å²) in [5.41, 5.74) is 0.239. The average Bonchev–Trinajstić information content (AvgIpc) is 2.26. The second-order valence-corrected chi connectivity index (χ2v) is 6.07. The van der Waals surface area contributed by atoms with Gasteiger partial charge in [0.25, 0.3) is 0 Å². The first-order chi connectivity index (χ1) is 7.55. The lowest BCUT2D eigenvalue weighted by Crippen LogP contribution is -2.24. The summed E-state index contributed by atoms with van der Waals surface area (Å²) in [6.45, 7) is 5.37. The maximum absolute atomic E-state index is 5.71. The van der Waals surface area contributed by atoms with Gasteiger partial charge in [0, 0.05) is 18.6 Å². The van der Waals surface area contributed by atoms with Gasteiger partial charge in [0.05, 0.1) is 3.57 Å². The molecule has 90 valence electrons. The molecule has 0 unspecified atom stereocenters. The number of aromatic nitrogens is 2. The molecule has 3 nitrogen and oxygen atoms in total. The van der Waals surface area contributed by atoms with Crippen molar-refractivity contribution in [1.29, 1.82) is 0 Å². The largest absolute Gasteiger partial charge is 0.369 e. The molecule has 0 radical (unpaired) electrons. The SMILES string of the molecule is CC(C)(CCCCl)CNc1ncncc1I. The molecule has 0 aliphatic rings. The van der Waals surface area contributed by atoms with Crippen LogP contribution in [-0.2, 0) is 0 Å². The van der Waals surface area contributed by atoms with Crippen LogP contribution in [0.5, 0.6) is 0 Å². The Labute approximate surface area is 116 Å². The number of rotatable bonds is 6. The van der Waals surface area contributed by atoms with Gasteiger partial charge in [0.1, 0.15) is 12.1 Å². The highest BCUT2D eigenvalue weighted by Crippen LogP contribution is 2.23. The van der Waals surface area contributed by atoms with Crippen LogP contribution in [-0.4, -0.2) is 22.4 Å². The Hall–Kier alpha value is -0.100. The number of hydrogen-bond acceptors (Lipinski definition) is 3. The zero-order valence-corrected chi connectivity index (χ0v) is 12.5. The number of anilines is 1. The van der Waals surface area contributed by atoms with Crippen LogP contribution in [0.4, 0.5) is 5.82 Å². The summed E-state index contributed by atoms with van der Waals surface area (Å²) in [4.78, 5) is 8.17. The summed E-state index contributed by atoms with van der Waals surface area (Å²) in [6, 6.07) is 0. The molecule has 0 amide bonds. The second-order valence-electron chi connectivity index (χ2n) is 4.53. The van der Waals surface area contributed by atoms with Crippen LogP contribution in [0.3, 0.4) is 0 Å². The van der Waals surface area contributed by atoms with E-state index in [1.54, 1.807) is 6.33 Å². The van der Waals surface area contributed by atoms with Gasteiger partial charge in [-0.25, -0.2) is 9.97 Å². The number of alkyl halides is 1. The van der Waals surface area contributed by atoms with Crippen molar-refractivity contribution in [3.63, 3.8) is 0 Å². The summed E-state index contributed by atoms with van der Waals surface area (Å²) in [5, 5.41) is 3.36. The molecule has 0 saturated heterocycles. The van der Waals surface area contributed by atoms with E-state index in [-0.39, 0.29) is 5.41 Å². The van der Waals surface area contributed by atoms with Crippen LogP contribution >= 0.6 is 34.2 Å². The van der Waals surface area contributed by atoms with Gasteiger partial charge in [-0.2, -0.15) is 0 Å². The van der Waals surface area contributed by atoms with Gasteiger partial charge in [0.15, 0.2) is 0 Å². The van der Waals surface area contributed by atoms with E-state index < -0.39 is 0 Å². The molecule has 1 N–H and O–H groups in total. The Morgan fingerprint density at radius 3 is 2.88 bits per heavy atom. The summed E-state index contributed by atoms with van der Waals surface area (Å²) in [5.74, 6) is 1.64. The Bertz CT molecular complexity index is 331. The van der Waals surface area contributed by atoms with Crippen molar-refractivity contribution in [1.82, 2.24) is 9.97 Å². The van der Waals surface area contributed by atoms with Gasteiger partial charge in [-0.1, -0.05) is 13.8 Å². The van der Waals surface area contributed by atoms with Crippen molar-refractivity contribution in [2.45, 2.75) is 26.7 Å². The molecule has 0 spiro atoms. The number of halogens is 2. The van der Waals surface area contributed by atoms with Gasteiger partial charge in [-0.15, -0.1) is 11.6 Å². The molecule has 0 aromatic carbocycles. The van der Waals surface area contributed by atoms with Crippen LogP contribution < -0.4 is 5.32 Å². The van der Waals surface area contributed by atoms with E-state index in [1.165, 1.54) is 0 Å². The van der Waals surface area contributed by atoms with Gasteiger partial charge in [-0.05, 0) is 40.8 Å². The highest BCUT2D eigenvalue weighted by molar-refractivity contribution is 14.1. The second kappa shape index (κ2) is 6.59. The zero-order chi connectivity index (χ0) is 12.0. The van der Waals surface area contributed by atoms with E-state index >= 15 is 0 Å². The fourth-order valence-electron chi connectivity index (χ4n) is 1.40. The van der Waals surface area contributed by atoms with Crippen LogP contribution in [0.2, 0.25) is 0 Å².